The van der Waals surface area contributed by atoms with Crippen molar-refractivity contribution in [3.05, 3.63) is 52.1 Å². The van der Waals surface area contributed by atoms with Gasteiger partial charge in [0.2, 0.25) is 0 Å². The van der Waals surface area contributed by atoms with Crippen molar-refractivity contribution in [3.63, 3.8) is 0 Å². The molecule has 1 aromatic carbocycles. The van der Waals surface area contributed by atoms with E-state index in [0.29, 0.717) is 17.0 Å². The van der Waals surface area contributed by atoms with Gasteiger partial charge in [0, 0.05) is 28.8 Å². The van der Waals surface area contributed by atoms with Crippen molar-refractivity contribution >= 4 is 17.0 Å². The molecule has 0 amide bonds. The van der Waals surface area contributed by atoms with E-state index in [1.54, 1.807) is 12.1 Å². The molecular formula is C15H14FNO. The molecule has 0 aliphatic heterocycles. The number of aromatic nitrogens is 1. The monoisotopic (exact) mass is 243 g/mol. The van der Waals surface area contributed by atoms with E-state index in [4.69, 9.17) is 0 Å². The third-order valence-electron chi connectivity index (χ3n) is 3.49. The molecule has 1 fully saturated rings. The van der Waals surface area contributed by atoms with E-state index in [1.807, 2.05) is 6.92 Å². The molecule has 0 N–H and O–H groups in total. The van der Waals surface area contributed by atoms with Crippen molar-refractivity contribution in [3.8, 4) is 0 Å². The van der Waals surface area contributed by atoms with Crippen LogP contribution in [-0.2, 0) is 0 Å². The second-order valence-corrected chi connectivity index (χ2v) is 4.85. The highest BCUT2D eigenvalue weighted by Crippen LogP contribution is 2.38. The molecule has 0 saturated heterocycles. The molecule has 1 aliphatic rings. The lowest BCUT2D eigenvalue weighted by atomic mass is 10.1. The van der Waals surface area contributed by atoms with Gasteiger partial charge in [0.05, 0.1) is 5.52 Å². The molecule has 0 unspecified atom stereocenters. The molecule has 1 heterocycles. The van der Waals surface area contributed by atoms with Crippen molar-refractivity contribution in [2.24, 2.45) is 0 Å². The maximum atomic E-state index is 13.7. The average Bonchev–Trinajstić information content (AvgIpc) is 3.14. The van der Waals surface area contributed by atoms with Gasteiger partial charge in [-0.25, -0.2) is 4.39 Å². The topological polar surface area (TPSA) is 22.0 Å². The molecule has 1 aromatic heterocycles. The molecular weight excluding hydrogens is 229 g/mol. The van der Waals surface area contributed by atoms with Crippen LogP contribution in [0.5, 0.6) is 0 Å². The van der Waals surface area contributed by atoms with Gasteiger partial charge in [0.25, 0.3) is 0 Å². The fourth-order valence-corrected chi connectivity index (χ4v) is 2.48. The standard InChI is InChI=1S/C15H14FNO/c1-3-10-7-14-12(8-13(10)16)15(18)6-9(2)17(14)11-4-5-11/h3,6-8,11H,1,4-5H2,2H3. The summed E-state index contributed by atoms with van der Waals surface area (Å²) in [7, 11) is 0. The molecule has 0 radical (unpaired) electrons. The quantitative estimate of drug-likeness (QED) is 0.792. The second kappa shape index (κ2) is 3.80. The van der Waals surface area contributed by atoms with Gasteiger partial charge in [-0.15, -0.1) is 0 Å². The van der Waals surface area contributed by atoms with Crippen LogP contribution in [-0.4, -0.2) is 4.57 Å². The number of fused-ring (bicyclic) bond motifs is 1. The molecule has 1 saturated carbocycles. The SMILES string of the molecule is C=Cc1cc2c(cc1F)c(=O)cc(C)n2C1CC1. The summed E-state index contributed by atoms with van der Waals surface area (Å²) in [5.41, 5.74) is 2.09. The summed E-state index contributed by atoms with van der Waals surface area (Å²) in [5.74, 6) is -0.388. The van der Waals surface area contributed by atoms with Crippen LogP contribution in [0.15, 0.2) is 29.6 Å². The molecule has 1 aliphatic carbocycles. The summed E-state index contributed by atoms with van der Waals surface area (Å²) >= 11 is 0. The first-order valence-electron chi connectivity index (χ1n) is 6.09. The number of aryl methyl sites for hydroxylation is 1. The largest absolute Gasteiger partial charge is 0.342 e. The van der Waals surface area contributed by atoms with Gasteiger partial charge in [0.1, 0.15) is 5.82 Å². The predicted octanol–water partition coefficient (Wildman–Crippen LogP) is 3.43. The molecule has 92 valence electrons. The molecule has 0 bridgehead atoms. The molecule has 0 atom stereocenters. The minimum absolute atomic E-state index is 0.117. The van der Waals surface area contributed by atoms with Crippen LogP contribution in [0.25, 0.3) is 17.0 Å². The first kappa shape index (κ1) is 11.2. The zero-order valence-electron chi connectivity index (χ0n) is 10.2. The predicted molar refractivity (Wildman–Crippen MR) is 71.3 cm³/mol. The smallest absolute Gasteiger partial charge is 0.189 e. The van der Waals surface area contributed by atoms with Crippen molar-refractivity contribution in [1.82, 2.24) is 4.57 Å². The van der Waals surface area contributed by atoms with Crippen LogP contribution in [0.3, 0.4) is 0 Å². The molecule has 2 aromatic rings. The van der Waals surface area contributed by atoms with Gasteiger partial charge in [-0.05, 0) is 31.9 Å². The van der Waals surface area contributed by atoms with Crippen LogP contribution in [0.2, 0.25) is 0 Å². The first-order chi connectivity index (χ1) is 8.61. The maximum absolute atomic E-state index is 13.7. The summed E-state index contributed by atoms with van der Waals surface area (Å²) in [6.45, 7) is 5.53. The number of halogens is 1. The second-order valence-electron chi connectivity index (χ2n) is 4.85. The van der Waals surface area contributed by atoms with Crippen molar-refractivity contribution in [1.29, 1.82) is 0 Å². The van der Waals surface area contributed by atoms with Gasteiger partial charge >= 0.3 is 0 Å². The number of benzene rings is 1. The van der Waals surface area contributed by atoms with Crippen LogP contribution in [0.1, 0.15) is 30.1 Å². The zero-order chi connectivity index (χ0) is 12.9. The highest BCUT2D eigenvalue weighted by molar-refractivity contribution is 5.82. The highest BCUT2D eigenvalue weighted by Gasteiger charge is 2.26. The molecule has 3 rings (SSSR count). The van der Waals surface area contributed by atoms with Gasteiger partial charge in [-0.3, -0.25) is 4.79 Å². The number of pyridine rings is 1. The lowest BCUT2D eigenvalue weighted by Crippen LogP contribution is -2.11. The number of nitrogens with zero attached hydrogens (tertiary/aromatic N) is 1. The Morgan fingerprint density at radius 2 is 2.11 bits per heavy atom. The van der Waals surface area contributed by atoms with E-state index in [9.17, 15) is 9.18 Å². The average molecular weight is 243 g/mol. The summed E-state index contributed by atoms with van der Waals surface area (Å²) in [6, 6.07) is 5.10. The fourth-order valence-electron chi connectivity index (χ4n) is 2.48. The van der Waals surface area contributed by atoms with Crippen LogP contribution in [0.4, 0.5) is 4.39 Å². The van der Waals surface area contributed by atoms with Crippen molar-refractivity contribution < 1.29 is 4.39 Å². The third kappa shape index (κ3) is 1.58. The Kier molecular flexibility index (Phi) is 2.37. The van der Waals surface area contributed by atoms with Gasteiger partial charge < -0.3 is 4.57 Å². The first-order valence-corrected chi connectivity index (χ1v) is 6.09. The molecule has 3 heteroatoms. The molecule has 2 nitrogen and oxygen atoms in total. The van der Waals surface area contributed by atoms with Crippen molar-refractivity contribution in [2.75, 3.05) is 0 Å². The van der Waals surface area contributed by atoms with Gasteiger partial charge in [-0.1, -0.05) is 12.7 Å². The Hall–Kier alpha value is -1.90. The van der Waals surface area contributed by atoms with E-state index in [-0.39, 0.29) is 11.2 Å². The Labute approximate surface area is 104 Å². The summed E-state index contributed by atoms with van der Waals surface area (Å²) in [5, 5.41) is 0.454. The van der Waals surface area contributed by atoms with E-state index in [0.717, 1.165) is 24.1 Å². The summed E-state index contributed by atoms with van der Waals surface area (Å²) in [4.78, 5) is 11.9. The summed E-state index contributed by atoms with van der Waals surface area (Å²) in [6.07, 6.45) is 3.73. The Balaban J connectivity index is 2.46. The van der Waals surface area contributed by atoms with Gasteiger partial charge in [0.15, 0.2) is 5.43 Å². The van der Waals surface area contributed by atoms with Crippen molar-refractivity contribution in [2.45, 2.75) is 25.8 Å². The van der Waals surface area contributed by atoms with E-state index < -0.39 is 0 Å². The van der Waals surface area contributed by atoms with Crippen LogP contribution in [0, 0.1) is 12.7 Å². The van der Waals surface area contributed by atoms with E-state index >= 15 is 0 Å². The number of rotatable bonds is 2. The van der Waals surface area contributed by atoms with E-state index in [1.165, 1.54) is 12.1 Å². The fraction of sp³-hybridized carbons (Fsp3) is 0.267. The Morgan fingerprint density at radius 3 is 2.72 bits per heavy atom. The van der Waals surface area contributed by atoms with Crippen LogP contribution < -0.4 is 5.43 Å². The minimum atomic E-state index is -0.388. The normalized spacial score (nSPS) is 15.0. The van der Waals surface area contributed by atoms with E-state index in [2.05, 4.69) is 11.1 Å². The lowest BCUT2D eigenvalue weighted by Gasteiger charge is -2.14. The number of hydrogen-bond acceptors (Lipinski definition) is 1. The van der Waals surface area contributed by atoms with Gasteiger partial charge in [-0.2, -0.15) is 0 Å². The lowest BCUT2D eigenvalue weighted by molar-refractivity contribution is 0.626. The maximum Gasteiger partial charge on any atom is 0.189 e. The Bertz CT molecular complexity index is 710. The highest BCUT2D eigenvalue weighted by atomic mass is 19.1. The molecule has 18 heavy (non-hydrogen) atoms. The zero-order valence-corrected chi connectivity index (χ0v) is 10.2. The summed E-state index contributed by atoms with van der Waals surface area (Å²) < 4.78 is 15.9. The minimum Gasteiger partial charge on any atom is -0.342 e. The number of hydrogen-bond donors (Lipinski definition) is 0. The Morgan fingerprint density at radius 1 is 1.39 bits per heavy atom. The third-order valence-corrected chi connectivity index (χ3v) is 3.49. The van der Waals surface area contributed by atoms with Crippen LogP contribution >= 0.6 is 0 Å². The molecule has 0 spiro atoms.